The van der Waals surface area contributed by atoms with E-state index in [1.165, 1.54) is 4.31 Å². The number of sulfonamides is 1. The summed E-state index contributed by atoms with van der Waals surface area (Å²) in [5.74, 6) is 0.328. The molecule has 1 aromatic rings. The summed E-state index contributed by atoms with van der Waals surface area (Å²) in [6, 6.07) is 4.87. The maximum atomic E-state index is 13.0. The van der Waals surface area contributed by atoms with Crippen LogP contribution >= 0.6 is 0 Å². The number of hydrogen-bond acceptors (Lipinski definition) is 5. The predicted octanol–water partition coefficient (Wildman–Crippen LogP) is 0.650. The summed E-state index contributed by atoms with van der Waals surface area (Å²) in [6.45, 7) is 6.77. The van der Waals surface area contributed by atoms with Crippen molar-refractivity contribution in [3.8, 4) is 0 Å². The number of anilines is 1. The first-order valence-electron chi connectivity index (χ1n) is 9.67. The summed E-state index contributed by atoms with van der Waals surface area (Å²) in [4.78, 5) is 25.7. The number of rotatable bonds is 6. The molecule has 8 nitrogen and oxygen atoms in total. The summed E-state index contributed by atoms with van der Waals surface area (Å²) >= 11 is 0. The fraction of sp³-hybridized carbons (Fsp3) is 0.579. The predicted molar refractivity (Wildman–Crippen MR) is 106 cm³/mol. The van der Waals surface area contributed by atoms with E-state index in [4.69, 9.17) is 0 Å². The Morgan fingerprint density at radius 3 is 2.57 bits per heavy atom. The number of amides is 2. The average molecular weight is 409 g/mol. The highest BCUT2D eigenvalue weighted by atomic mass is 32.2. The Kier molecular flexibility index (Phi) is 6.36. The number of hydrogen-bond donors (Lipinski definition) is 2. The minimum Gasteiger partial charge on any atom is -0.355 e. The largest absolute Gasteiger partial charge is 0.355 e. The minimum absolute atomic E-state index is 0.0262. The van der Waals surface area contributed by atoms with Crippen LogP contribution in [-0.2, 0) is 26.0 Å². The molecule has 0 aliphatic carbocycles. The van der Waals surface area contributed by atoms with Crippen LogP contribution < -0.4 is 10.6 Å². The van der Waals surface area contributed by atoms with Gasteiger partial charge in [-0.1, -0.05) is 13.8 Å². The van der Waals surface area contributed by atoms with Crippen LogP contribution in [0.2, 0.25) is 0 Å². The van der Waals surface area contributed by atoms with E-state index >= 15 is 0 Å². The first-order valence-corrected chi connectivity index (χ1v) is 11.1. The van der Waals surface area contributed by atoms with E-state index in [1.54, 1.807) is 18.2 Å². The summed E-state index contributed by atoms with van der Waals surface area (Å²) < 4.78 is 27.4. The zero-order valence-corrected chi connectivity index (χ0v) is 17.2. The van der Waals surface area contributed by atoms with Crippen LogP contribution in [0.5, 0.6) is 0 Å². The topological polar surface area (TPSA) is 98.8 Å². The van der Waals surface area contributed by atoms with E-state index in [-0.39, 0.29) is 16.7 Å². The van der Waals surface area contributed by atoms with Crippen molar-refractivity contribution < 1.29 is 18.0 Å². The van der Waals surface area contributed by atoms with Gasteiger partial charge in [-0.2, -0.15) is 4.31 Å². The number of nitrogens with zero attached hydrogens (tertiary/aromatic N) is 2. The monoisotopic (exact) mass is 408 g/mol. The Labute approximate surface area is 166 Å². The molecule has 2 N–H and O–H groups in total. The van der Waals surface area contributed by atoms with Gasteiger partial charge in [0.05, 0.1) is 11.4 Å². The Bertz CT molecular complexity index is 845. The summed E-state index contributed by atoms with van der Waals surface area (Å²) in [5.41, 5.74) is 1.54. The molecule has 0 aromatic heterocycles. The molecule has 1 aromatic carbocycles. The highest BCUT2D eigenvalue weighted by molar-refractivity contribution is 7.89. The van der Waals surface area contributed by atoms with E-state index in [1.807, 2.05) is 18.7 Å². The fourth-order valence-electron chi connectivity index (χ4n) is 3.37. The van der Waals surface area contributed by atoms with E-state index < -0.39 is 10.0 Å². The van der Waals surface area contributed by atoms with Crippen molar-refractivity contribution in [3.05, 3.63) is 23.8 Å². The third-order valence-electron chi connectivity index (χ3n) is 5.02. The molecule has 0 radical (unpaired) electrons. The van der Waals surface area contributed by atoms with Crippen LogP contribution in [0, 0.1) is 5.92 Å². The van der Waals surface area contributed by atoms with E-state index in [0.717, 1.165) is 5.56 Å². The zero-order valence-electron chi connectivity index (χ0n) is 16.4. The molecule has 2 aliphatic rings. The first kappa shape index (κ1) is 20.8. The van der Waals surface area contributed by atoms with Crippen molar-refractivity contribution in [1.29, 1.82) is 0 Å². The number of carbonyl (C=O) groups is 2. The first-order chi connectivity index (χ1) is 13.3. The van der Waals surface area contributed by atoms with Gasteiger partial charge >= 0.3 is 0 Å². The minimum atomic E-state index is -3.59. The molecule has 0 atom stereocenters. The molecule has 0 unspecified atom stereocenters. The SMILES string of the molecule is CC(C)CNC(=O)CN1CCN(S(=O)(=O)c2ccc3c(c2)CCC(=O)N3)CC1. The summed E-state index contributed by atoms with van der Waals surface area (Å²) in [5, 5.41) is 5.65. The number of carbonyl (C=O) groups excluding carboxylic acids is 2. The molecule has 0 saturated carbocycles. The van der Waals surface area contributed by atoms with Gasteiger partial charge in [-0.05, 0) is 36.1 Å². The van der Waals surface area contributed by atoms with Crippen LogP contribution in [0.1, 0.15) is 25.8 Å². The third kappa shape index (κ3) is 4.89. The van der Waals surface area contributed by atoms with Crippen LogP contribution in [0.25, 0.3) is 0 Å². The Morgan fingerprint density at radius 1 is 1.18 bits per heavy atom. The lowest BCUT2D eigenvalue weighted by Gasteiger charge is -2.33. The lowest BCUT2D eigenvalue weighted by molar-refractivity contribution is -0.122. The molecule has 9 heteroatoms. The number of aryl methyl sites for hydroxylation is 1. The van der Waals surface area contributed by atoms with Crippen LogP contribution in [-0.4, -0.2) is 68.7 Å². The summed E-state index contributed by atoms with van der Waals surface area (Å²) in [6.07, 6.45) is 0.915. The maximum absolute atomic E-state index is 13.0. The average Bonchev–Trinajstić information content (AvgIpc) is 2.66. The second-order valence-corrected chi connectivity index (χ2v) is 9.68. The molecule has 3 rings (SSSR count). The Hall–Kier alpha value is -1.97. The summed E-state index contributed by atoms with van der Waals surface area (Å²) in [7, 11) is -3.59. The van der Waals surface area contributed by atoms with Gasteiger partial charge in [-0.25, -0.2) is 8.42 Å². The van der Waals surface area contributed by atoms with Gasteiger partial charge in [0.25, 0.3) is 0 Å². The highest BCUT2D eigenvalue weighted by Crippen LogP contribution is 2.27. The molecule has 2 heterocycles. The van der Waals surface area contributed by atoms with Crippen molar-refractivity contribution in [3.63, 3.8) is 0 Å². The van der Waals surface area contributed by atoms with Gasteiger partial charge in [0.1, 0.15) is 0 Å². The molecule has 28 heavy (non-hydrogen) atoms. The van der Waals surface area contributed by atoms with Gasteiger partial charge < -0.3 is 10.6 Å². The van der Waals surface area contributed by atoms with Gasteiger partial charge in [0.2, 0.25) is 21.8 Å². The fourth-order valence-corrected chi connectivity index (χ4v) is 4.85. The second-order valence-electron chi connectivity index (χ2n) is 7.75. The highest BCUT2D eigenvalue weighted by Gasteiger charge is 2.30. The quantitative estimate of drug-likeness (QED) is 0.720. The van der Waals surface area contributed by atoms with E-state index in [2.05, 4.69) is 10.6 Å². The molecule has 0 spiro atoms. The second kappa shape index (κ2) is 8.59. The van der Waals surface area contributed by atoms with Crippen molar-refractivity contribution in [1.82, 2.24) is 14.5 Å². The maximum Gasteiger partial charge on any atom is 0.243 e. The van der Waals surface area contributed by atoms with Gasteiger partial charge in [0.15, 0.2) is 0 Å². The number of fused-ring (bicyclic) bond motifs is 1. The van der Waals surface area contributed by atoms with E-state index in [9.17, 15) is 18.0 Å². The molecule has 2 amide bonds. The molecule has 1 fully saturated rings. The Balaban J connectivity index is 1.59. The van der Waals surface area contributed by atoms with Crippen molar-refractivity contribution in [2.75, 3.05) is 44.6 Å². The lowest BCUT2D eigenvalue weighted by Crippen LogP contribution is -2.51. The lowest BCUT2D eigenvalue weighted by atomic mass is 10.0. The van der Waals surface area contributed by atoms with Crippen molar-refractivity contribution in [2.45, 2.75) is 31.6 Å². The van der Waals surface area contributed by atoms with Gasteiger partial charge in [-0.3, -0.25) is 14.5 Å². The zero-order chi connectivity index (χ0) is 20.3. The molecule has 0 bridgehead atoms. The molecule has 2 aliphatic heterocycles. The Morgan fingerprint density at radius 2 is 1.89 bits per heavy atom. The molecular weight excluding hydrogens is 380 g/mol. The number of benzene rings is 1. The van der Waals surface area contributed by atoms with Crippen LogP contribution in [0.15, 0.2) is 23.1 Å². The smallest absolute Gasteiger partial charge is 0.243 e. The number of nitrogens with one attached hydrogen (secondary N) is 2. The van der Waals surface area contributed by atoms with Crippen molar-refractivity contribution in [2.24, 2.45) is 5.92 Å². The van der Waals surface area contributed by atoms with Crippen molar-refractivity contribution >= 4 is 27.5 Å². The normalized spacial score (nSPS) is 18.6. The van der Waals surface area contributed by atoms with Crippen LogP contribution in [0.3, 0.4) is 0 Å². The number of piperazine rings is 1. The standard InChI is InChI=1S/C19H28N4O4S/c1-14(2)12-20-19(25)13-22-7-9-23(10-8-22)28(26,27)16-4-5-17-15(11-16)3-6-18(24)21-17/h4-5,11,14H,3,6-10,12-13H2,1-2H3,(H,20,25)(H,21,24). The van der Waals surface area contributed by atoms with Crippen LogP contribution in [0.4, 0.5) is 5.69 Å². The van der Waals surface area contributed by atoms with Gasteiger partial charge in [-0.15, -0.1) is 0 Å². The van der Waals surface area contributed by atoms with E-state index in [0.29, 0.717) is 63.7 Å². The van der Waals surface area contributed by atoms with Gasteiger partial charge in [0, 0.05) is 44.8 Å². The molecular formula is C19H28N4O4S. The molecule has 1 saturated heterocycles. The molecule has 154 valence electrons. The third-order valence-corrected chi connectivity index (χ3v) is 6.91.